The van der Waals surface area contributed by atoms with Gasteiger partial charge in [-0.15, -0.1) is 0 Å². The lowest BCUT2D eigenvalue weighted by Crippen LogP contribution is -2.34. The summed E-state index contributed by atoms with van der Waals surface area (Å²) in [5, 5.41) is 10.9. The van der Waals surface area contributed by atoms with Crippen molar-refractivity contribution in [2.45, 2.75) is 33.2 Å². The van der Waals surface area contributed by atoms with Crippen molar-refractivity contribution in [1.29, 1.82) is 0 Å². The number of hydrogen-bond acceptors (Lipinski definition) is 5. The molecule has 168 valence electrons. The van der Waals surface area contributed by atoms with Crippen LogP contribution in [0.2, 0.25) is 0 Å². The molecular formula is C25H30N4O3. The number of carbonyl (C=O) groups is 1. The lowest BCUT2D eigenvalue weighted by molar-refractivity contribution is -0.115. The maximum absolute atomic E-state index is 12.8. The molecule has 0 bridgehead atoms. The van der Waals surface area contributed by atoms with Gasteiger partial charge in [0.15, 0.2) is 11.5 Å². The number of ether oxygens (including phenoxy) is 2. The van der Waals surface area contributed by atoms with Crippen LogP contribution in [0.1, 0.15) is 37.6 Å². The van der Waals surface area contributed by atoms with Crippen molar-refractivity contribution in [3.05, 3.63) is 65.9 Å². The average Bonchev–Trinajstić information content (AvgIpc) is 2.99. The fourth-order valence-corrected chi connectivity index (χ4v) is 3.86. The first-order chi connectivity index (χ1) is 15.5. The molecule has 0 aliphatic carbocycles. The molecule has 1 aliphatic rings. The minimum Gasteiger partial charge on any atom is -0.490 e. The average molecular weight is 435 g/mol. The number of fused-ring (bicyclic) bond motifs is 1. The van der Waals surface area contributed by atoms with E-state index in [9.17, 15) is 4.79 Å². The van der Waals surface area contributed by atoms with E-state index in [1.807, 2.05) is 61.5 Å². The largest absolute Gasteiger partial charge is 0.490 e. The van der Waals surface area contributed by atoms with Gasteiger partial charge in [0.05, 0.1) is 31.1 Å². The molecule has 4 rings (SSSR count). The van der Waals surface area contributed by atoms with Gasteiger partial charge in [0.1, 0.15) is 5.82 Å². The molecule has 0 unspecified atom stereocenters. The van der Waals surface area contributed by atoms with Crippen LogP contribution in [-0.2, 0) is 4.79 Å². The van der Waals surface area contributed by atoms with Crippen LogP contribution in [0, 0.1) is 12.8 Å². The lowest BCUT2D eigenvalue weighted by Gasteiger charge is -2.23. The van der Waals surface area contributed by atoms with Crippen molar-refractivity contribution >= 4 is 11.7 Å². The number of aryl methyl sites for hydroxylation is 1. The number of rotatable bonds is 7. The first-order valence-corrected chi connectivity index (χ1v) is 11.1. The van der Waals surface area contributed by atoms with E-state index in [-0.39, 0.29) is 24.4 Å². The Kier molecular flexibility index (Phi) is 6.75. The topological polar surface area (TPSA) is 77.4 Å². The second-order valence-corrected chi connectivity index (χ2v) is 8.33. The zero-order valence-corrected chi connectivity index (χ0v) is 18.8. The van der Waals surface area contributed by atoms with Gasteiger partial charge in [-0.05, 0) is 42.7 Å². The molecule has 0 saturated heterocycles. The predicted octanol–water partition coefficient (Wildman–Crippen LogP) is 4.27. The second kappa shape index (κ2) is 9.87. The van der Waals surface area contributed by atoms with Gasteiger partial charge in [-0.25, -0.2) is 4.68 Å². The van der Waals surface area contributed by atoms with Gasteiger partial charge >= 0.3 is 0 Å². The first-order valence-electron chi connectivity index (χ1n) is 11.1. The van der Waals surface area contributed by atoms with Crippen LogP contribution in [0.4, 0.5) is 5.82 Å². The van der Waals surface area contributed by atoms with Crippen LogP contribution in [0.15, 0.2) is 54.6 Å². The zero-order chi connectivity index (χ0) is 22.5. The number of amides is 1. The Labute approximate surface area is 188 Å². The number of nitrogens with one attached hydrogen (secondary N) is 2. The molecule has 0 saturated carbocycles. The van der Waals surface area contributed by atoms with E-state index in [2.05, 4.69) is 29.6 Å². The molecule has 7 heteroatoms. The summed E-state index contributed by atoms with van der Waals surface area (Å²) in [4.78, 5) is 12.8. The molecule has 1 aromatic heterocycles. The molecule has 32 heavy (non-hydrogen) atoms. The van der Waals surface area contributed by atoms with E-state index < -0.39 is 0 Å². The first kappa shape index (κ1) is 21.9. The Bertz CT molecular complexity index is 1060. The maximum Gasteiger partial charge on any atom is 0.239 e. The minimum atomic E-state index is -0.123. The molecule has 0 radical (unpaired) electrons. The molecule has 1 atom stereocenters. The van der Waals surface area contributed by atoms with E-state index in [0.717, 1.165) is 34.9 Å². The molecule has 7 nitrogen and oxygen atoms in total. The van der Waals surface area contributed by atoms with Crippen LogP contribution in [0.5, 0.6) is 11.5 Å². The maximum atomic E-state index is 12.8. The summed E-state index contributed by atoms with van der Waals surface area (Å²) in [6.45, 7) is 7.66. The quantitative estimate of drug-likeness (QED) is 0.581. The van der Waals surface area contributed by atoms with Crippen LogP contribution < -0.4 is 20.1 Å². The normalized spacial score (nSPS) is 14.1. The summed E-state index contributed by atoms with van der Waals surface area (Å²) in [7, 11) is 0. The van der Waals surface area contributed by atoms with Crippen molar-refractivity contribution in [3.8, 4) is 17.2 Å². The summed E-state index contributed by atoms with van der Waals surface area (Å²) in [5.41, 5.74) is 2.81. The summed E-state index contributed by atoms with van der Waals surface area (Å²) in [5.74, 6) is 2.35. The summed E-state index contributed by atoms with van der Waals surface area (Å²) in [6, 6.07) is 17.6. The van der Waals surface area contributed by atoms with E-state index in [1.165, 1.54) is 0 Å². The Morgan fingerprint density at radius 2 is 1.81 bits per heavy atom. The molecule has 2 aromatic carbocycles. The number of anilines is 1. The van der Waals surface area contributed by atoms with E-state index in [4.69, 9.17) is 9.47 Å². The van der Waals surface area contributed by atoms with Crippen LogP contribution >= 0.6 is 0 Å². The van der Waals surface area contributed by atoms with Gasteiger partial charge < -0.3 is 20.1 Å². The number of para-hydroxylation sites is 1. The van der Waals surface area contributed by atoms with Crippen molar-refractivity contribution in [2.75, 3.05) is 25.1 Å². The van der Waals surface area contributed by atoms with Gasteiger partial charge in [-0.1, -0.05) is 38.1 Å². The highest BCUT2D eigenvalue weighted by Gasteiger charge is 2.20. The number of carbonyl (C=O) groups excluding carboxylic acids is 1. The molecular weight excluding hydrogens is 404 g/mol. The van der Waals surface area contributed by atoms with Crippen molar-refractivity contribution in [3.63, 3.8) is 0 Å². The summed E-state index contributed by atoms with van der Waals surface area (Å²) in [6.07, 6.45) is 0.870. The number of aromatic nitrogens is 2. The zero-order valence-electron chi connectivity index (χ0n) is 18.8. The summed E-state index contributed by atoms with van der Waals surface area (Å²) < 4.78 is 13.3. The third-order valence-electron chi connectivity index (χ3n) is 5.38. The fraction of sp³-hybridized carbons (Fsp3) is 0.360. The Hall–Kier alpha value is -3.32. The summed E-state index contributed by atoms with van der Waals surface area (Å²) >= 11 is 0. The van der Waals surface area contributed by atoms with Gasteiger partial charge in [-0.2, -0.15) is 5.10 Å². The van der Waals surface area contributed by atoms with E-state index in [0.29, 0.717) is 19.0 Å². The standard InChI is InChI=1S/C25H30N4O3/c1-17(2)25(19-10-11-21-22(15-19)32-13-7-12-31-21)26-16-24(30)27-23-14-18(3)28-29(23)20-8-5-4-6-9-20/h4-6,8-11,14-15,17,25-26H,7,12-13,16H2,1-3H3,(H,27,30)/t25-/m0/s1. The molecule has 1 aliphatic heterocycles. The highest BCUT2D eigenvalue weighted by Crippen LogP contribution is 2.34. The molecule has 0 spiro atoms. The highest BCUT2D eigenvalue weighted by molar-refractivity contribution is 5.91. The van der Waals surface area contributed by atoms with Gasteiger partial charge in [-0.3, -0.25) is 4.79 Å². The fourth-order valence-electron chi connectivity index (χ4n) is 3.86. The van der Waals surface area contributed by atoms with Gasteiger partial charge in [0.2, 0.25) is 5.91 Å². The minimum absolute atomic E-state index is 0.00123. The van der Waals surface area contributed by atoms with Crippen molar-refractivity contribution < 1.29 is 14.3 Å². The molecule has 3 aromatic rings. The van der Waals surface area contributed by atoms with E-state index in [1.54, 1.807) is 4.68 Å². The number of hydrogen-bond donors (Lipinski definition) is 2. The Morgan fingerprint density at radius 3 is 2.56 bits per heavy atom. The number of benzene rings is 2. The predicted molar refractivity (Wildman–Crippen MR) is 125 cm³/mol. The Morgan fingerprint density at radius 1 is 1.06 bits per heavy atom. The SMILES string of the molecule is Cc1cc(NC(=O)CN[C@H](c2ccc3c(c2)OCCCO3)C(C)C)n(-c2ccccc2)n1. The Balaban J connectivity index is 1.44. The van der Waals surface area contributed by atoms with Crippen LogP contribution in [0.3, 0.4) is 0 Å². The van der Waals surface area contributed by atoms with Gasteiger partial charge in [0, 0.05) is 18.5 Å². The molecule has 0 fully saturated rings. The molecule has 1 amide bonds. The van der Waals surface area contributed by atoms with Crippen molar-refractivity contribution in [1.82, 2.24) is 15.1 Å². The van der Waals surface area contributed by atoms with Gasteiger partial charge in [0.25, 0.3) is 0 Å². The van der Waals surface area contributed by atoms with Crippen molar-refractivity contribution in [2.24, 2.45) is 5.92 Å². The highest BCUT2D eigenvalue weighted by atomic mass is 16.5. The lowest BCUT2D eigenvalue weighted by atomic mass is 9.95. The molecule has 2 heterocycles. The van der Waals surface area contributed by atoms with Crippen LogP contribution in [0.25, 0.3) is 5.69 Å². The third-order valence-corrected chi connectivity index (χ3v) is 5.38. The third kappa shape index (κ3) is 5.11. The number of nitrogens with zero attached hydrogens (tertiary/aromatic N) is 2. The molecule has 2 N–H and O–H groups in total. The van der Waals surface area contributed by atoms with Crippen LogP contribution in [-0.4, -0.2) is 35.4 Å². The smallest absolute Gasteiger partial charge is 0.239 e. The monoisotopic (exact) mass is 434 g/mol. The second-order valence-electron chi connectivity index (χ2n) is 8.33. The van der Waals surface area contributed by atoms with E-state index >= 15 is 0 Å².